The average molecular weight is 221 g/mol. The van der Waals surface area contributed by atoms with Crippen molar-refractivity contribution in [1.82, 2.24) is 10.1 Å². The molecule has 0 aliphatic carbocycles. The van der Waals surface area contributed by atoms with Gasteiger partial charge in [0.2, 0.25) is 0 Å². The Bertz CT molecular complexity index is 489. The molecule has 0 fully saturated rings. The van der Waals surface area contributed by atoms with Gasteiger partial charge in [0.1, 0.15) is 0 Å². The summed E-state index contributed by atoms with van der Waals surface area (Å²) < 4.78 is 5.18. The van der Waals surface area contributed by atoms with Crippen molar-refractivity contribution in [3.8, 4) is 11.3 Å². The lowest BCUT2D eigenvalue weighted by Crippen LogP contribution is -2.08. The van der Waals surface area contributed by atoms with Crippen LogP contribution in [-0.4, -0.2) is 17.1 Å². The maximum atomic E-state index is 6.00. The molecule has 3 heterocycles. The number of hydrogen-bond donors (Lipinski definition) is 1. The van der Waals surface area contributed by atoms with Gasteiger partial charge >= 0.3 is 0 Å². The summed E-state index contributed by atoms with van der Waals surface area (Å²) in [6, 6.07) is 1.86. The number of hydrogen-bond acceptors (Lipinski definition) is 5. The third kappa shape index (κ3) is 1.27. The Kier molecular flexibility index (Phi) is 1.83. The number of rotatable bonds is 1. The van der Waals surface area contributed by atoms with Gasteiger partial charge in [0.25, 0.3) is 0 Å². The molecule has 4 nitrogen and oxygen atoms in total. The van der Waals surface area contributed by atoms with E-state index in [1.165, 1.54) is 10.4 Å². The minimum Gasteiger partial charge on any atom is -0.390 e. The second-order valence-electron chi connectivity index (χ2n) is 3.79. The molecule has 5 heteroatoms. The largest absolute Gasteiger partial charge is 0.390 e. The van der Waals surface area contributed by atoms with Gasteiger partial charge in [-0.05, 0) is 12.6 Å². The van der Waals surface area contributed by atoms with Crippen LogP contribution < -0.4 is 5.73 Å². The van der Waals surface area contributed by atoms with Gasteiger partial charge in [-0.3, -0.25) is 4.90 Å². The van der Waals surface area contributed by atoms with Crippen molar-refractivity contribution in [1.29, 1.82) is 0 Å². The van der Waals surface area contributed by atoms with Crippen molar-refractivity contribution in [2.45, 2.75) is 13.1 Å². The van der Waals surface area contributed by atoms with Crippen LogP contribution in [-0.2, 0) is 13.1 Å². The summed E-state index contributed by atoms with van der Waals surface area (Å²) in [5, 5.41) is 4.56. The number of anilines is 1. The standard InChI is InChI=1S/C10H11N3OS/c1-13-4-6-8(5-13)15-10(11)9(6)7-2-3-12-14-7/h2-3H,4-5,11H2,1H3. The molecule has 0 saturated carbocycles. The molecule has 3 rings (SSSR count). The SMILES string of the molecule is CN1Cc2sc(N)c(-c3ccno3)c2C1. The summed E-state index contributed by atoms with van der Waals surface area (Å²) in [4.78, 5) is 3.61. The van der Waals surface area contributed by atoms with Crippen LogP contribution >= 0.6 is 11.3 Å². The van der Waals surface area contributed by atoms with E-state index in [1.807, 2.05) is 6.07 Å². The van der Waals surface area contributed by atoms with E-state index in [1.54, 1.807) is 17.5 Å². The Hall–Kier alpha value is -1.33. The van der Waals surface area contributed by atoms with E-state index in [4.69, 9.17) is 10.3 Å². The van der Waals surface area contributed by atoms with Crippen LogP contribution in [0.4, 0.5) is 5.00 Å². The number of nitrogens with two attached hydrogens (primary N) is 1. The molecule has 0 unspecified atom stereocenters. The zero-order valence-corrected chi connectivity index (χ0v) is 9.17. The summed E-state index contributed by atoms with van der Waals surface area (Å²) in [6.45, 7) is 1.93. The quantitative estimate of drug-likeness (QED) is 0.799. The van der Waals surface area contributed by atoms with Gasteiger partial charge in [-0.15, -0.1) is 11.3 Å². The smallest absolute Gasteiger partial charge is 0.170 e. The van der Waals surface area contributed by atoms with Gasteiger partial charge in [-0.1, -0.05) is 5.16 Å². The molecule has 15 heavy (non-hydrogen) atoms. The molecule has 2 aromatic heterocycles. The second kappa shape index (κ2) is 3.08. The lowest BCUT2D eigenvalue weighted by molar-refractivity contribution is 0.354. The first kappa shape index (κ1) is 8.94. The van der Waals surface area contributed by atoms with Gasteiger partial charge < -0.3 is 10.3 Å². The number of fused-ring (bicyclic) bond motifs is 1. The summed E-state index contributed by atoms with van der Waals surface area (Å²) in [5.41, 5.74) is 8.34. The third-order valence-corrected chi connectivity index (χ3v) is 3.69. The van der Waals surface area contributed by atoms with Gasteiger partial charge in [-0.25, -0.2) is 0 Å². The summed E-state index contributed by atoms with van der Waals surface area (Å²) >= 11 is 1.65. The minimum absolute atomic E-state index is 0.778. The van der Waals surface area contributed by atoms with Crippen molar-refractivity contribution < 1.29 is 4.52 Å². The van der Waals surface area contributed by atoms with Crippen molar-refractivity contribution in [3.05, 3.63) is 22.7 Å². The van der Waals surface area contributed by atoms with Crippen LogP contribution in [0.5, 0.6) is 0 Å². The Labute approximate surface area is 91.3 Å². The van der Waals surface area contributed by atoms with Crippen LogP contribution in [0.3, 0.4) is 0 Å². The summed E-state index contributed by atoms with van der Waals surface area (Å²) in [7, 11) is 2.10. The van der Waals surface area contributed by atoms with Crippen LogP contribution in [0.2, 0.25) is 0 Å². The molecule has 2 aromatic rings. The normalized spacial score (nSPS) is 15.8. The number of aromatic nitrogens is 1. The highest BCUT2D eigenvalue weighted by Crippen LogP contribution is 2.42. The maximum absolute atomic E-state index is 6.00. The first-order valence-electron chi connectivity index (χ1n) is 4.75. The topological polar surface area (TPSA) is 55.3 Å². The fourth-order valence-electron chi connectivity index (χ4n) is 2.01. The van der Waals surface area contributed by atoms with Gasteiger partial charge in [0.15, 0.2) is 5.76 Å². The van der Waals surface area contributed by atoms with E-state index in [9.17, 15) is 0 Å². The molecule has 0 radical (unpaired) electrons. The summed E-state index contributed by atoms with van der Waals surface area (Å²) in [6.07, 6.45) is 1.65. The molecule has 0 amide bonds. The molecule has 1 aliphatic heterocycles. The van der Waals surface area contributed by atoms with Crippen molar-refractivity contribution in [2.24, 2.45) is 0 Å². The Balaban J connectivity index is 2.17. The first-order chi connectivity index (χ1) is 7.25. The highest BCUT2D eigenvalue weighted by molar-refractivity contribution is 7.16. The predicted octanol–water partition coefficient (Wildman–Crippen LogP) is 1.93. The molecule has 0 bridgehead atoms. The van der Waals surface area contributed by atoms with Gasteiger partial charge in [-0.2, -0.15) is 0 Å². The average Bonchev–Trinajstić information content (AvgIpc) is 2.80. The molecule has 1 aliphatic rings. The van der Waals surface area contributed by atoms with Crippen LogP contribution in [0.1, 0.15) is 10.4 Å². The van der Waals surface area contributed by atoms with E-state index in [0.717, 1.165) is 29.4 Å². The molecule has 0 atom stereocenters. The molecule has 0 aromatic carbocycles. The Morgan fingerprint density at radius 2 is 2.40 bits per heavy atom. The van der Waals surface area contributed by atoms with E-state index in [0.29, 0.717) is 0 Å². The van der Waals surface area contributed by atoms with E-state index >= 15 is 0 Å². The molecule has 2 N–H and O–H groups in total. The monoisotopic (exact) mass is 221 g/mol. The van der Waals surface area contributed by atoms with Gasteiger partial charge in [0.05, 0.1) is 16.8 Å². The molecule has 0 spiro atoms. The fraction of sp³-hybridized carbons (Fsp3) is 0.300. The highest BCUT2D eigenvalue weighted by atomic mass is 32.1. The molecule has 0 saturated heterocycles. The predicted molar refractivity (Wildman–Crippen MR) is 59.4 cm³/mol. The Morgan fingerprint density at radius 3 is 3.13 bits per heavy atom. The highest BCUT2D eigenvalue weighted by Gasteiger charge is 2.26. The van der Waals surface area contributed by atoms with Crippen LogP contribution in [0, 0.1) is 0 Å². The molecular weight excluding hydrogens is 210 g/mol. The lowest BCUT2D eigenvalue weighted by Gasteiger charge is -2.06. The summed E-state index contributed by atoms with van der Waals surface area (Å²) in [5.74, 6) is 0.778. The van der Waals surface area contributed by atoms with E-state index in [-0.39, 0.29) is 0 Å². The number of thiophene rings is 1. The zero-order valence-electron chi connectivity index (χ0n) is 8.36. The molecule has 78 valence electrons. The third-order valence-electron chi connectivity index (χ3n) is 2.64. The van der Waals surface area contributed by atoms with E-state index in [2.05, 4.69) is 17.1 Å². The minimum atomic E-state index is 0.778. The van der Waals surface area contributed by atoms with Crippen molar-refractivity contribution in [2.75, 3.05) is 12.8 Å². The first-order valence-corrected chi connectivity index (χ1v) is 5.57. The van der Waals surface area contributed by atoms with Gasteiger partial charge in [0, 0.05) is 24.0 Å². The fourth-order valence-corrected chi connectivity index (χ4v) is 3.18. The number of nitrogen functional groups attached to an aromatic ring is 1. The van der Waals surface area contributed by atoms with Crippen molar-refractivity contribution >= 4 is 16.3 Å². The van der Waals surface area contributed by atoms with Crippen LogP contribution in [0.25, 0.3) is 11.3 Å². The molecular formula is C10H11N3OS. The lowest BCUT2D eigenvalue weighted by atomic mass is 10.1. The maximum Gasteiger partial charge on any atom is 0.170 e. The van der Waals surface area contributed by atoms with Crippen LogP contribution in [0.15, 0.2) is 16.8 Å². The zero-order chi connectivity index (χ0) is 10.4. The number of nitrogens with zero attached hydrogens (tertiary/aromatic N) is 2. The van der Waals surface area contributed by atoms with E-state index < -0.39 is 0 Å². The Morgan fingerprint density at radius 1 is 1.53 bits per heavy atom. The van der Waals surface area contributed by atoms with Crippen molar-refractivity contribution in [3.63, 3.8) is 0 Å². The second-order valence-corrected chi connectivity index (χ2v) is 4.93.